The van der Waals surface area contributed by atoms with E-state index in [0.717, 1.165) is 63.3 Å². The number of hydrogen-bond donors (Lipinski definition) is 2. The lowest BCUT2D eigenvalue weighted by Crippen LogP contribution is -2.52. The highest BCUT2D eigenvalue weighted by atomic mass is 35.5. The van der Waals surface area contributed by atoms with Crippen LogP contribution in [0.1, 0.15) is 70.3 Å². The van der Waals surface area contributed by atoms with Crippen LogP contribution in [0.4, 0.5) is 8.78 Å². The molecule has 0 radical (unpaired) electrons. The zero-order valence-electron chi connectivity index (χ0n) is 31.7. The van der Waals surface area contributed by atoms with Gasteiger partial charge in [-0.3, -0.25) is 10.1 Å². The van der Waals surface area contributed by atoms with Gasteiger partial charge in [-0.1, -0.05) is 59.6 Å². The molecular formula is C41H41Cl2F2N3O10S. The lowest BCUT2D eigenvalue weighted by atomic mass is 9.83. The summed E-state index contributed by atoms with van der Waals surface area (Å²) in [5.41, 5.74) is -0.390. The summed E-state index contributed by atoms with van der Waals surface area (Å²) >= 11 is 13.2. The SMILES string of the molecule is COc1ccc(C(=O)[O-])c([C@@H](Cc2c(Cl)c[n+](O)cc2Cl)c2ccc(OC(F)F)c(OCC3CC3)c2)c1S(=O)(=O)NC(C(=O)O[C@H]1CN2CCC1CC2)c1ccccc1. The van der Waals surface area contributed by atoms with E-state index in [2.05, 4.69) is 9.62 Å². The molecular weight excluding hydrogens is 835 g/mol. The van der Waals surface area contributed by atoms with E-state index >= 15 is 8.42 Å². The molecule has 4 aromatic rings. The fraction of sp³-hybridized carbons (Fsp3) is 0.390. The molecule has 18 heteroatoms. The number of alkyl halides is 2. The van der Waals surface area contributed by atoms with Gasteiger partial charge >= 0.3 is 12.6 Å². The van der Waals surface area contributed by atoms with Crippen molar-refractivity contribution in [2.45, 2.75) is 61.7 Å². The number of carbonyl (C=O) groups excluding carboxylic acids is 2. The first-order chi connectivity index (χ1) is 28.2. The number of hydrogen-bond acceptors (Lipinski definition) is 11. The van der Waals surface area contributed by atoms with Crippen LogP contribution in [-0.2, 0) is 26.0 Å². The lowest BCUT2D eigenvalue weighted by Gasteiger charge is -2.44. The van der Waals surface area contributed by atoms with Gasteiger partial charge in [0, 0.05) is 28.3 Å². The smallest absolute Gasteiger partial charge is 0.387 e. The number of rotatable bonds is 17. The number of benzene rings is 3. The maximum absolute atomic E-state index is 15.1. The maximum Gasteiger partial charge on any atom is 0.387 e. The number of esters is 1. The van der Waals surface area contributed by atoms with E-state index in [1.807, 2.05) is 0 Å². The number of carboxylic acid groups (broad SMARTS) is 1. The normalized spacial score (nSPS) is 19.9. The fourth-order valence-corrected chi connectivity index (χ4v) is 10.0. The number of piperidine rings is 3. The fourth-order valence-electron chi connectivity index (χ4n) is 7.78. The number of carboxylic acids is 1. The first-order valence-electron chi connectivity index (χ1n) is 18.9. The average molecular weight is 877 g/mol. The lowest BCUT2D eigenvalue weighted by molar-refractivity contribution is -0.904. The number of nitrogens with one attached hydrogen (secondary N) is 1. The zero-order chi connectivity index (χ0) is 42.0. The van der Waals surface area contributed by atoms with Gasteiger partial charge in [0.15, 0.2) is 11.5 Å². The summed E-state index contributed by atoms with van der Waals surface area (Å²) in [4.78, 5) is 28.7. The summed E-state index contributed by atoms with van der Waals surface area (Å²) in [6.07, 6.45) is 4.85. The number of pyridine rings is 1. The molecule has 2 bridgehead atoms. The molecule has 3 aromatic carbocycles. The van der Waals surface area contributed by atoms with Gasteiger partial charge in [0.2, 0.25) is 22.4 Å². The Kier molecular flexibility index (Phi) is 12.8. The van der Waals surface area contributed by atoms with Crippen LogP contribution in [0.5, 0.6) is 17.2 Å². The van der Waals surface area contributed by atoms with Crippen LogP contribution in [0.2, 0.25) is 10.0 Å². The van der Waals surface area contributed by atoms with E-state index in [-0.39, 0.29) is 74.4 Å². The summed E-state index contributed by atoms with van der Waals surface area (Å²) in [6.45, 7) is -0.785. The molecule has 3 atom stereocenters. The first-order valence-corrected chi connectivity index (χ1v) is 21.2. The summed E-state index contributed by atoms with van der Waals surface area (Å²) in [5, 5.41) is 23.1. The molecule has 3 saturated heterocycles. The van der Waals surface area contributed by atoms with Crippen LogP contribution in [0.3, 0.4) is 0 Å². The highest BCUT2D eigenvalue weighted by molar-refractivity contribution is 7.89. The number of aromatic carboxylic acids is 1. The van der Waals surface area contributed by atoms with E-state index in [4.69, 9.17) is 42.1 Å². The van der Waals surface area contributed by atoms with Crippen molar-refractivity contribution in [2.75, 3.05) is 33.4 Å². The third-order valence-corrected chi connectivity index (χ3v) is 13.1. The van der Waals surface area contributed by atoms with Crippen LogP contribution in [0.25, 0.3) is 0 Å². The first kappa shape index (κ1) is 42.4. The monoisotopic (exact) mass is 875 g/mol. The van der Waals surface area contributed by atoms with Crippen molar-refractivity contribution >= 4 is 45.2 Å². The Balaban J connectivity index is 1.39. The van der Waals surface area contributed by atoms with Crippen molar-refractivity contribution in [1.82, 2.24) is 9.62 Å². The van der Waals surface area contributed by atoms with Gasteiger partial charge in [-0.25, -0.2) is 13.2 Å². The molecule has 59 heavy (non-hydrogen) atoms. The van der Waals surface area contributed by atoms with Crippen molar-refractivity contribution in [3.63, 3.8) is 0 Å². The molecule has 4 fully saturated rings. The number of halogens is 4. The van der Waals surface area contributed by atoms with Crippen molar-refractivity contribution in [1.29, 1.82) is 0 Å². The van der Waals surface area contributed by atoms with Crippen LogP contribution in [-0.4, -0.2) is 76.5 Å². The van der Waals surface area contributed by atoms with Crippen LogP contribution in [0.15, 0.2) is 78.0 Å². The van der Waals surface area contributed by atoms with Gasteiger partial charge in [-0.15, -0.1) is 0 Å². The van der Waals surface area contributed by atoms with Gasteiger partial charge in [0.25, 0.3) is 0 Å². The molecule has 1 aliphatic carbocycles. The quantitative estimate of drug-likeness (QED) is 0.0802. The molecule has 2 N–H and O–H groups in total. The highest BCUT2D eigenvalue weighted by Crippen LogP contribution is 2.45. The molecule has 13 nitrogen and oxygen atoms in total. The topological polar surface area (TPSA) is 168 Å². The zero-order valence-corrected chi connectivity index (χ0v) is 34.0. The van der Waals surface area contributed by atoms with E-state index in [0.29, 0.717) is 11.3 Å². The summed E-state index contributed by atoms with van der Waals surface area (Å²) in [6, 6.07) is 12.6. The second kappa shape index (κ2) is 17.9. The van der Waals surface area contributed by atoms with Crippen LogP contribution in [0, 0.1) is 11.8 Å². The number of fused-ring (bicyclic) bond motifs is 3. The number of methoxy groups -OCH3 is 1. The number of carbonyl (C=O) groups is 2. The van der Waals surface area contributed by atoms with Crippen molar-refractivity contribution in [3.05, 3.63) is 111 Å². The minimum absolute atomic E-state index is 0.0760. The number of ether oxygens (including phenoxy) is 4. The third-order valence-electron chi connectivity index (χ3n) is 11.0. The van der Waals surface area contributed by atoms with Gasteiger partial charge < -0.3 is 28.8 Å². The van der Waals surface area contributed by atoms with E-state index in [1.54, 1.807) is 30.3 Å². The maximum atomic E-state index is 15.1. The summed E-state index contributed by atoms with van der Waals surface area (Å²) in [5.74, 6) is -4.41. The predicted molar refractivity (Wildman–Crippen MR) is 207 cm³/mol. The van der Waals surface area contributed by atoms with E-state index in [1.165, 1.54) is 25.3 Å². The highest BCUT2D eigenvalue weighted by Gasteiger charge is 2.41. The Bertz CT molecular complexity index is 2290. The molecule has 0 amide bonds. The molecule has 4 aliphatic rings. The Morgan fingerprint density at radius 3 is 2.24 bits per heavy atom. The number of sulfonamides is 1. The van der Waals surface area contributed by atoms with Gasteiger partial charge in [-0.2, -0.15) is 13.5 Å². The van der Waals surface area contributed by atoms with Crippen molar-refractivity contribution < 1.29 is 60.8 Å². The Morgan fingerprint density at radius 1 is 0.966 bits per heavy atom. The van der Waals surface area contributed by atoms with Crippen molar-refractivity contribution in [3.8, 4) is 17.2 Å². The van der Waals surface area contributed by atoms with Gasteiger partial charge in [0.1, 0.15) is 32.8 Å². The van der Waals surface area contributed by atoms with E-state index < -0.39 is 57.1 Å². The van der Waals surface area contributed by atoms with E-state index in [9.17, 15) is 28.7 Å². The van der Waals surface area contributed by atoms with Crippen LogP contribution < -0.4 is 28.8 Å². The van der Waals surface area contributed by atoms with Crippen molar-refractivity contribution in [2.24, 2.45) is 11.8 Å². The molecule has 1 saturated carbocycles. The Morgan fingerprint density at radius 2 is 1.64 bits per heavy atom. The van der Waals surface area contributed by atoms with Gasteiger partial charge in [0.05, 0.1) is 19.7 Å². The predicted octanol–water partition coefficient (Wildman–Crippen LogP) is 5.31. The Labute approximate surface area is 349 Å². The average Bonchev–Trinajstić information content (AvgIpc) is 4.04. The summed E-state index contributed by atoms with van der Waals surface area (Å²) < 4.78 is 82.7. The minimum Gasteiger partial charge on any atom is -0.545 e. The Hall–Kier alpha value is -4.74. The molecule has 314 valence electrons. The molecule has 1 aromatic heterocycles. The molecule has 4 heterocycles. The number of nitrogens with zero attached hydrogens (tertiary/aromatic N) is 2. The molecule has 1 unspecified atom stereocenters. The summed E-state index contributed by atoms with van der Waals surface area (Å²) in [7, 11) is -3.81. The van der Waals surface area contributed by atoms with Crippen LogP contribution >= 0.6 is 23.2 Å². The molecule has 0 spiro atoms. The molecule has 3 aliphatic heterocycles. The second-order valence-electron chi connectivity index (χ2n) is 14.8. The standard InChI is InChI=1S/C41H41Cl2F2N3O10S/c1-55-33-12-10-27(39(49)50)36(38(33)59(53,54)46-37(25-5-3-2-4-6-25)40(51)57-35-21-47-15-13-24(35)14-16-47)28(18-29-30(42)19-48(52)20-31(29)43)26-9-11-32(58-41(44)45)34(17-26)56-22-23-7-8-23/h2-6,9-12,17,19-20,23-24,28,35,37,41,46H,7-8,13-16,18,21-22H2,1H3,(H-,49,50,52)/t28-,35-,37?/m0/s1. The second-order valence-corrected chi connectivity index (χ2v) is 17.3. The van der Waals surface area contributed by atoms with Gasteiger partial charge in [-0.05, 0) is 98.0 Å². The molecule has 8 rings (SSSR count). The third kappa shape index (κ3) is 9.68. The minimum atomic E-state index is -5.00. The largest absolute Gasteiger partial charge is 0.545 e. The number of aromatic nitrogens is 1.